The van der Waals surface area contributed by atoms with E-state index in [1.54, 1.807) is 12.4 Å². The van der Waals surface area contributed by atoms with Crippen molar-refractivity contribution in [2.24, 2.45) is 5.92 Å². The molecule has 5 rings (SSSR count). The van der Waals surface area contributed by atoms with Gasteiger partial charge >= 0.3 is 5.97 Å². The zero-order valence-corrected chi connectivity index (χ0v) is 18.6. The first-order chi connectivity index (χ1) is 16.6. The summed E-state index contributed by atoms with van der Waals surface area (Å²) in [5.41, 5.74) is 3.50. The molecule has 0 unspecified atom stereocenters. The van der Waals surface area contributed by atoms with E-state index in [9.17, 15) is 4.79 Å². The third-order valence-corrected chi connectivity index (χ3v) is 6.13. The van der Waals surface area contributed by atoms with Crippen LogP contribution in [0, 0.1) is 5.92 Å². The van der Waals surface area contributed by atoms with Gasteiger partial charge < -0.3 is 9.84 Å². The number of carboxylic acid groups (broad SMARTS) is 1. The molecule has 0 bridgehead atoms. The highest BCUT2D eigenvalue weighted by Crippen LogP contribution is 2.30. The third-order valence-electron chi connectivity index (χ3n) is 6.13. The molecule has 8 nitrogen and oxygen atoms in total. The molecule has 1 aliphatic rings. The van der Waals surface area contributed by atoms with E-state index in [1.165, 1.54) is 0 Å². The Bertz CT molecular complexity index is 1230. The van der Waals surface area contributed by atoms with Gasteiger partial charge in [0.05, 0.1) is 5.69 Å². The van der Waals surface area contributed by atoms with Crippen LogP contribution in [0.4, 0.5) is 0 Å². The van der Waals surface area contributed by atoms with Crippen molar-refractivity contribution in [2.45, 2.75) is 38.2 Å². The Labute approximate surface area is 197 Å². The molecule has 0 spiro atoms. The zero-order chi connectivity index (χ0) is 23.3. The molecule has 172 valence electrons. The Morgan fingerprint density at radius 2 is 1.68 bits per heavy atom. The lowest BCUT2D eigenvalue weighted by Gasteiger charge is -2.27. The second-order valence-electron chi connectivity index (χ2n) is 8.55. The number of aliphatic carboxylic acids is 1. The van der Waals surface area contributed by atoms with Crippen LogP contribution in [0.15, 0.2) is 67.0 Å². The summed E-state index contributed by atoms with van der Waals surface area (Å²) in [4.78, 5) is 24.5. The van der Waals surface area contributed by atoms with Crippen LogP contribution < -0.4 is 4.74 Å². The summed E-state index contributed by atoms with van der Waals surface area (Å²) in [7, 11) is 0. The minimum atomic E-state index is -0.721. The first kappa shape index (κ1) is 21.8. The highest BCUT2D eigenvalue weighted by atomic mass is 16.5. The molecule has 0 saturated heterocycles. The van der Waals surface area contributed by atoms with Gasteiger partial charge in [0.2, 0.25) is 5.88 Å². The molecule has 4 aromatic rings. The van der Waals surface area contributed by atoms with Gasteiger partial charge in [-0.3, -0.25) is 14.9 Å². The number of hydrogen-bond acceptors (Lipinski definition) is 6. The van der Waals surface area contributed by atoms with Gasteiger partial charge in [-0.2, -0.15) is 5.10 Å². The van der Waals surface area contributed by atoms with Gasteiger partial charge in [0.1, 0.15) is 6.10 Å². The molecule has 1 aromatic carbocycles. The van der Waals surface area contributed by atoms with Crippen molar-refractivity contribution in [3.63, 3.8) is 0 Å². The minimum absolute atomic E-state index is 0.0860. The molecule has 0 radical (unpaired) electrons. The van der Waals surface area contributed by atoms with Gasteiger partial charge in [0.25, 0.3) is 0 Å². The van der Waals surface area contributed by atoms with E-state index >= 15 is 0 Å². The highest BCUT2D eigenvalue weighted by Gasteiger charge is 2.24. The van der Waals surface area contributed by atoms with Gasteiger partial charge in [-0.15, -0.1) is 0 Å². The fourth-order valence-corrected chi connectivity index (χ4v) is 4.29. The van der Waals surface area contributed by atoms with Crippen molar-refractivity contribution >= 4 is 5.97 Å². The number of rotatable bonds is 7. The topological polar surface area (TPSA) is 114 Å². The lowest BCUT2D eigenvalue weighted by atomic mass is 9.85. The fourth-order valence-electron chi connectivity index (χ4n) is 4.29. The van der Waals surface area contributed by atoms with Gasteiger partial charge in [-0.25, -0.2) is 9.97 Å². The van der Waals surface area contributed by atoms with Crippen LogP contribution in [0.25, 0.3) is 34.0 Å². The fraction of sp³-hybridized carbons (Fsp3) is 0.269. The zero-order valence-electron chi connectivity index (χ0n) is 18.6. The smallest absolute Gasteiger partial charge is 0.303 e. The van der Waals surface area contributed by atoms with E-state index in [1.807, 2.05) is 54.6 Å². The van der Waals surface area contributed by atoms with E-state index in [2.05, 4.69) is 25.1 Å². The summed E-state index contributed by atoms with van der Waals surface area (Å²) in [6.45, 7) is 0. The Hall–Kier alpha value is -4.07. The summed E-state index contributed by atoms with van der Waals surface area (Å²) in [5, 5.41) is 16.2. The Kier molecular flexibility index (Phi) is 6.29. The monoisotopic (exact) mass is 455 g/mol. The molecule has 34 heavy (non-hydrogen) atoms. The molecular formula is C26H25N5O3. The van der Waals surface area contributed by atoms with Crippen molar-refractivity contribution in [1.29, 1.82) is 0 Å². The molecule has 3 heterocycles. The second-order valence-corrected chi connectivity index (χ2v) is 8.55. The average molecular weight is 456 g/mol. The molecule has 0 amide bonds. The molecule has 0 aliphatic heterocycles. The summed E-state index contributed by atoms with van der Waals surface area (Å²) in [5.74, 6) is 1.42. The first-order valence-electron chi connectivity index (χ1n) is 11.4. The van der Waals surface area contributed by atoms with Crippen LogP contribution in [0.1, 0.15) is 32.1 Å². The quantitative estimate of drug-likeness (QED) is 0.403. The van der Waals surface area contributed by atoms with Gasteiger partial charge in [-0.05, 0) is 49.8 Å². The summed E-state index contributed by atoms with van der Waals surface area (Å²) in [6, 6.07) is 17.5. The minimum Gasteiger partial charge on any atom is -0.481 e. The molecule has 8 heteroatoms. The second kappa shape index (κ2) is 9.82. The first-order valence-corrected chi connectivity index (χ1v) is 11.4. The summed E-state index contributed by atoms with van der Waals surface area (Å²) in [6.07, 6.45) is 7.32. The SMILES string of the molecule is O=C(O)CC1CCC(Oc2ccc(-c3ccc(-c4n[nH]c(-c5ccccc5)n4)cn3)cn2)CC1. The Morgan fingerprint density at radius 3 is 2.35 bits per heavy atom. The summed E-state index contributed by atoms with van der Waals surface area (Å²) < 4.78 is 6.02. The van der Waals surface area contributed by atoms with E-state index in [-0.39, 0.29) is 18.4 Å². The molecule has 3 aromatic heterocycles. The number of aromatic nitrogens is 5. The Morgan fingerprint density at radius 1 is 0.912 bits per heavy atom. The molecule has 1 saturated carbocycles. The van der Waals surface area contributed by atoms with Crippen LogP contribution in [0.3, 0.4) is 0 Å². The molecule has 0 atom stereocenters. The van der Waals surface area contributed by atoms with E-state index in [0.717, 1.165) is 53.9 Å². The predicted octanol–water partition coefficient (Wildman–Crippen LogP) is 5.01. The maximum Gasteiger partial charge on any atom is 0.303 e. The van der Waals surface area contributed by atoms with Crippen molar-refractivity contribution in [2.75, 3.05) is 0 Å². The standard InChI is InChI=1S/C26H25N5O3/c32-24(33)14-17-6-10-21(11-7-17)34-23-13-9-19(15-28-23)22-12-8-20(16-27-22)26-29-25(30-31-26)18-4-2-1-3-5-18/h1-5,8-9,12-13,15-17,21H,6-7,10-11,14H2,(H,32,33)(H,29,30,31). The summed E-state index contributed by atoms with van der Waals surface area (Å²) >= 11 is 0. The number of carboxylic acids is 1. The van der Waals surface area contributed by atoms with Crippen LogP contribution in [0.2, 0.25) is 0 Å². The van der Waals surface area contributed by atoms with Crippen molar-refractivity contribution < 1.29 is 14.6 Å². The van der Waals surface area contributed by atoms with Crippen molar-refractivity contribution in [3.8, 4) is 39.9 Å². The highest BCUT2D eigenvalue weighted by molar-refractivity contribution is 5.67. The van der Waals surface area contributed by atoms with Crippen LogP contribution in [-0.2, 0) is 4.79 Å². The number of nitrogens with zero attached hydrogens (tertiary/aromatic N) is 4. The molecular weight excluding hydrogens is 430 g/mol. The van der Waals surface area contributed by atoms with Gasteiger partial charge in [0, 0.05) is 41.6 Å². The molecule has 2 N–H and O–H groups in total. The van der Waals surface area contributed by atoms with E-state index < -0.39 is 5.97 Å². The van der Waals surface area contributed by atoms with Crippen LogP contribution in [0.5, 0.6) is 5.88 Å². The van der Waals surface area contributed by atoms with Gasteiger partial charge in [0.15, 0.2) is 11.6 Å². The molecule has 1 fully saturated rings. The number of benzene rings is 1. The van der Waals surface area contributed by atoms with E-state index in [0.29, 0.717) is 11.7 Å². The number of ether oxygens (including phenoxy) is 1. The predicted molar refractivity (Wildman–Crippen MR) is 127 cm³/mol. The normalized spacial score (nSPS) is 17.9. The molecule has 1 aliphatic carbocycles. The van der Waals surface area contributed by atoms with Crippen molar-refractivity contribution in [3.05, 3.63) is 67.0 Å². The lowest BCUT2D eigenvalue weighted by molar-refractivity contribution is -0.138. The van der Waals surface area contributed by atoms with E-state index in [4.69, 9.17) is 9.84 Å². The number of carbonyl (C=O) groups is 1. The third kappa shape index (κ3) is 5.11. The van der Waals surface area contributed by atoms with Crippen LogP contribution >= 0.6 is 0 Å². The van der Waals surface area contributed by atoms with Crippen molar-refractivity contribution in [1.82, 2.24) is 25.1 Å². The van der Waals surface area contributed by atoms with Gasteiger partial charge in [-0.1, -0.05) is 30.3 Å². The van der Waals surface area contributed by atoms with Crippen LogP contribution in [-0.4, -0.2) is 42.3 Å². The number of pyridine rings is 2. The number of H-pyrrole nitrogens is 1. The maximum atomic E-state index is 10.9. The largest absolute Gasteiger partial charge is 0.481 e. The number of aromatic amines is 1. The average Bonchev–Trinajstić information content (AvgIpc) is 3.37. The number of nitrogens with one attached hydrogen (secondary N) is 1. The lowest BCUT2D eigenvalue weighted by Crippen LogP contribution is -2.25. The number of hydrogen-bond donors (Lipinski definition) is 2. The maximum absolute atomic E-state index is 10.9. The Balaban J connectivity index is 1.20.